The molecule has 1 saturated heterocycles. The zero-order chi connectivity index (χ0) is 23.8. The number of rotatable bonds is 7. The third-order valence-electron chi connectivity index (χ3n) is 5.60. The monoisotopic (exact) mass is 447 g/mol. The fourth-order valence-corrected chi connectivity index (χ4v) is 3.81. The number of aliphatic hydroxyl groups is 4. The number of aliphatic hydroxyl groups excluding tert-OH is 4. The van der Waals surface area contributed by atoms with Crippen molar-refractivity contribution in [2.75, 3.05) is 7.11 Å². The molecule has 2 aliphatic rings. The van der Waals surface area contributed by atoms with Crippen LogP contribution in [-0.2, 0) is 19.1 Å². The van der Waals surface area contributed by atoms with Crippen molar-refractivity contribution in [2.24, 2.45) is 0 Å². The van der Waals surface area contributed by atoms with E-state index in [4.69, 9.17) is 9.47 Å². The smallest absolute Gasteiger partial charge is 0.278 e. The van der Waals surface area contributed by atoms with Gasteiger partial charge in [-0.3, -0.25) is 14.4 Å². The molecule has 172 valence electrons. The number of Topliss-reactive ketones (excluding diaryl/α,β-unsaturated/α-hetero) is 2. The van der Waals surface area contributed by atoms with E-state index in [0.717, 1.165) is 13.2 Å². The molecule has 1 aromatic rings. The van der Waals surface area contributed by atoms with Gasteiger partial charge in [0.25, 0.3) is 11.5 Å². The fourth-order valence-electron chi connectivity index (χ4n) is 3.81. The molecule has 1 aromatic carbocycles. The van der Waals surface area contributed by atoms with Crippen molar-refractivity contribution < 1.29 is 44.3 Å². The normalized spacial score (nSPS) is 30.5. The van der Waals surface area contributed by atoms with Crippen LogP contribution >= 0.6 is 0 Å². The zero-order valence-electron chi connectivity index (χ0n) is 17.7. The first kappa shape index (κ1) is 23.8. The predicted molar refractivity (Wildman–Crippen MR) is 109 cm³/mol. The second-order valence-electron chi connectivity index (χ2n) is 7.71. The fraction of sp³-hybridized carbons (Fsp3) is 0.409. The lowest BCUT2D eigenvalue weighted by atomic mass is 9.85. The van der Waals surface area contributed by atoms with Gasteiger partial charge in [0.2, 0.25) is 17.3 Å². The van der Waals surface area contributed by atoms with Crippen LogP contribution in [0.4, 0.5) is 0 Å². The number of nitrogens with one attached hydrogen (secondary N) is 1. The molecule has 2 aliphatic heterocycles. The number of hydrogen-bond donors (Lipinski definition) is 5. The van der Waals surface area contributed by atoms with Gasteiger partial charge in [0.15, 0.2) is 6.10 Å². The highest BCUT2D eigenvalue weighted by molar-refractivity contribution is 6.23. The molecule has 1 unspecified atom stereocenters. The van der Waals surface area contributed by atoms with Crippen molar-refractivity contribution >= 4 is 17.5 Å². The number of carbonyl (C=O) groups is 3. The Morgan fingerprint density at radius 3 is 2.38 bits per heavy atom. The lowest BCUT2D eigenvalue weighted by Crippen LogP contribution is -2.60. The SMILES string of the molecule is CO[C@@]1(C(=O)c2ccccc2)NC(=O)[C@]2(OC([C@@H](O)[C@@H](O)/C=C/C(C)O)=C(C)C2=O)[C@H]1O. The lowest BCUT2D eigenvalue weighted by molar-refractivity contribution is -0.163. The Morgan fingerprint density at radius 1 is 1.19 bits per heavy atom. The first-order valence-electron chi connectivity index (χ1n) is 9.85. The Balaban J connectivity index is 1.98. The van der Waals surface area contributed by atoms with Crippen LogP contribution in [0.1, 0.15) is 24.2 Å². The molecular formula is C22H25NO9. The van der Waals surface area contributed by atoms with E-state index < -0.39 is 59.0 Å². The minimum absolute atomic E-state index is 0.111. The average molecular weight is 447 g/mol. The first-order valence-corrected chi connectivity index (χ1v) is 9.85. The summed E-state index contributed by atoms with van der Waals surface area (Å²) in [5, 5.41) is 43.3. The maximum atomic E-state index is 13.2. The summed E-state index contributed by atoms with van der Waals surface area (Å²) in [5.41, 5.74) is -5.01. The molecule has 10 nitrogen and oxygen atoms in total. The summed E-state index contributed by atoms with van der Waals surface area (Å²) in [6.45, 7) is 2.69. The highest BCUT2D eigenvalue weighted by Gasteiger charge is 2.74. The summed E-state index contributed by atoms with van der Waals surface area (Å²) >= 11 is 0. The van der Waals surface area contributed by atoms with Gasteiger partial charge < -0.3 is 35.2 Å². The lowest BCUT2D eigenvalue weighted by Gasteiger charge is -2.32. The van der Waals surface area contributed by atoms with E-state index in [9.17, 15) is 34.8 Å². The summed E-state index contributed by atoms with van der Waals surface area (Å²) in [6, 6.07) is 7.73. The van der Waals surface area contributed by atoms with Gasteiger partial charge in [-0.05, 0) is 13.8 Å². The third kappa shape index (κ3) is 3.46. The van der Waals surface area contributed by atoms with Crippen LogP contribution in [0.25, 0.3) is 0 Å². The number of amides is 1. The average Bonchev–Trinajstić information content (AvgIpc) is 3.18. The van der Waals surface area contributed by atoms with Crippen molar-refractivity contribution in [3.63, 3.8) is 0 Å². The number of carbonyl (C=O) groups excluding carboxylic acids is 3. The van der Waals surface area contributed by atoms with Crippen LogP contribution in [0.5, 0.6) is 0 Å². The summed E-state index contributed by atoms with van der Waals surface area (Å²) in [6.07, 6.45) is -4.08. The van der Waals surface area contributed by atoms with Crippen molar-refractivity contribution in [3.05, 3.63) is 59.4 Å². The summed E-state index contributed by atoms with van der Waals surface area (Å²) in [5.74, 6) is -3.35. The van der Waals surface area contributed by atoms with Gasteiger partial charge in [-0.1, -0.05) is 42.5 Å². The van der Waals surface area contributed by atoms with Crippen molar-refractivity contribution in [2.45, 2.75) is 49.6 Å². The molecule has 0 radical (unpaired) electrons. The molecule has 5 N–H and O–H groups in total. The van der Waals surface area contributed by atoms with E-state index in [2.05, 4.69) is 5.32 Å². The molecule has 3 rings (SSSR count). The molecular weight excluding hydrogens is 422 g/mol. The highest BCUT2D eigenvalue weighted by Crippen LogP contribution is 2.44. The maximum absolute atomic E-state index is 13.2. The quantitative estimate of drug-likeness (QED) is 0.200. The molecule has 1 spiro atoms. The molecule has 1 fully saturated rings. The third-order valence-corrected chi connectivity index (χ3v) is 5.60. The van der Waals surface area contributed by atoms with Gasteiger partial charge >= 0.3 is 0 Å². The van der Waals surface area contributed by atoms with E-state index in [1.165, 1.54) is 32.1 Å². The summed E-state index contributed by atoms with van der Waals surface area (Å²) in [4.78, 5) is 39.2. The van der Waals surface area contributed by atoms with E-state index in [0.29, 0.717) is 0 Å². The highest BCUT2D eigenvalue weighted by atomic mass is 16.6. The van der Waals surface area contributed by atoms with Crippen LogP contribution in [0, 0.1) is 0 Å². The topological polar surface area (TPSA) is 163 Å². The minimum atomic E-state index is -2.59. The summed E-state index contributed by atoms with van der Waals surface area (Å²) in [7, 11) is 1.09. The first-order chi connectivity index (χ1) is 15.0. The van der Waals surface area contributed by atoms with Crippen LogP contribution in [-0.4, -0.2) is 80.8 Å². The Bertz CT molecular complexity index is 986. The second kappa shape index (κ2) is 8.57. The largest absolute Gasteiger partial charge is 0.467 e. The van der Waals surface area contributed by atoms with E-state index in [1.807, 2.05) is 0 Å². The van der Waals surface area contributed by atoms with Gasteiger partial charge in [-0.25, -0.2) is 0 Å². The Kier molecular flexibility index (Phi) is 6.36. The van der Waals surface area contributed by atoms with Gasteiger partial charge in [0.05, 0.1) is 6.10 Å². The molecule has 0 aromatic heterocycles. The van der Waals surface area contributed by atoms with E-state index in [1.54, 1.807) is 18.2 Å². The van der Waals surface area contributed by atoms with Gasteiger partial charge in [-0.2, -0.15) is 0 Å². The molecule has 2 heterocycles. The number of benzene rings is 1. The predicted octanol–water partition coefficient (Wildman–Crippen LogP) is -1.03. The second-order valence-corrected chi connectivity index (χ2v) is 7.71. The number of hydrogen-bond acceptors (Lipinski definition) is 9. The molecule has 1 amide bonds. The maximum Gasteiger partial charge on any atom is 0.278 e. The van der Waals surface area contributed by atoms with Gasteiger partial charge in [0.1, 0.15) is 18.0 Å². The number of ether oxygens (including phenoxy) is 2. The van der Waals surface area contributed by atoms with Crippen LogP contribution in [0.2, 0.25) is 0 Å². The summed E-state index contributed by atoms with van der Waals surface area (Å²) < 4.78 is 10.8. The van der Waals surface area contributed by atoms with Crippen LogP contribution in [0.15, 0.2) is 53.8 Å². The van der Waals surface area contributed by atoms with Crippen molar-refractivity contribution in [1.82, 2.24) is 5.32 Å². The number of methoxy groups -OCH3 is 1. The standard InChI is InChI=1S/C22H25NO9/c1-11(24)9-10-14(25)15(26)16-12(2)17(27)21(32-16)19(29)22(31-3,23-20(21)30)18(28)13-7-5-4-6-8-13/h4-11,14-15,19,24-26,29H,1-3H3,(H,23,30)/b10-9+/t11?,14-,15-,19+,21+,22+/m0/s1. The molecule has 0 aliphatic carbocycles. The molecule has 32 heavy (non-hydrogen) atoms. The number of ketones is 2. The Labute approximate surface area is 183 Å². The molecule has 0 bridgehead atoms. The molecule has 10 heteroatoms. The molecule has 6 atom stereocenters. The van der Waals surface area contributed by atoms with Crippen LogP contribution < -0.4 is 5.32 Å². The van der Waals surface area contributed by atoms with Gasteiger partial charge in [-0.15, -0.1) is 0 Å². The minimum Gasteiger partial charge on any atom is -0.467 e. The zero-order valence-corrected chi connectivity index (χ0v) is 17.7. The Hall–Kier alpha value is -2.89. The van der Waals surface area contributed by atoms with E-state index >= 15 is 0 Å². The van der Waals surface area contributed by atoms with Gasteiger partial charge in [0, 0.05) is 18.2 Å². The molecule has 0 saturated carbocycles. The van der Waals surface area contributed by atoms with Crippen molar-refractivity contribution in [3.8, 4) is 0 Å². The van der Waals surface area contributed by atoms with Crippen LogP contribution in [0.3, 0.4) is 0 Å². The van der Waals surface area contributed by atoms with Crippen molar-refractivity contribution in [1.29, 1.82) is 0 Å². The van der Waals surface area contributed by atoms with E-state index in [-0.39, 0.29) is 11.1 Å². The Morgan fingerprint density at radius 2 is 1.81 bits per heavy atom.